The van der Waals surface area contributed by atoms with E-state index < -0.39 is 11.6 Å². The van der Waals surface area contributed by atoms with Crippen LogP contribution < -0.4 is 0 Å². The number of thiophene rings is 1. The summed E-state index contributed by atoms with van der Waals surface area (Å²) in [5, 5.41) is 18.2. The van der Waals surface area contributed by atoms with Crippen LogP contribution in [0.1, 0.15) is 21.5 Å². The van der Waals surface area contributed by atoms with Gasteiger partial charge in [-0.3, -0.25) is 0 Å². The molecule has 68 valence electrons. The highest BCUT2D eigenvalue weighted by atomic mass is 32.1. The van der Waals surface area contributed by atoms with Crippen LogP contribution in [0.3, 0.4) is 0 Å². The Hall–Kier alpha value is -1.31. The molecule has 1 aromatic rings. The Balaban J connectivity index is 3.07. The first-order valence-corrected chi connectivity index (χ1v) is 4.33. The van der Waals surface area contributed by atoms with E-state index in [2.05, 4.69) is 5.92 Å². The van der Waals surface area contributed by atoms with Crippen molar-refractivity contribution in [3.05, 3.63) is 21.9 Å². The lowest BCUT2D eigenvalue weighted by atomic mass is 10.1. The molecule has 2 N–H and O–H groups in total. The molecule has 0 fully saturated rings. The van der Waals surface area contributed by atoms with Gasteiger partial charge in [0, 0.05) is 4.88 Å². The molecule has 0 amide bonds. The standard InChI is InChI=1S/C9H8O3S/c1-3-9(2,12)7-5-4-6(13-7)8(10)11/h1,4-5,12H,2H3,(H,10,11). The molecule has 1 unspecified atom stereocenters. The number of aromatic carboxylic acids is 1. The number of carboxylic acids is 1. The molecule has 3 nitrogen and oxygen atoms in total. The van der Waals surface area contributed by atoms with Gasteiger partial charge in [0.2, 0.25) is 0 Å². The van der Waals surface area contributed by atoms with Crippen LogP contribution in [-0.2, 0) is 5.60 Å². The van der Waals surface area contributed by atoms with Crippen LogP contribution in [0.25, 0.3) is 0 Å². The van der Waals surface area contributed by atoms with E-state index in [-0.39, 0.29) is 4.88 Å². The molecule has 1 rings (SSSR count). The molecule has 13 heavy (non-hydrogen) atoms. The highest BCUT2D eigenvalue weighted by Gasteiger charge is 2.22. The van der Waals surface area contributed by atoms with Crippen molar-refractivity contribution in [2.45, 2.75) is 12.5 Å². The Kier molecular flexibility index (Phi) is 2.41. The molecule has 0 aliphatic carbocycles. The van der Waals surface area contributed by atoms with Crippen molar-refractivity contribution in [2.24, 2.45) is 0 Å². The zero-order valence-electron chi connectivity index (χ0n) is 6.94. The maximum absolute atomic E-state index is 10.5. The van der Waals surface area contributed by atoms with Gasteiger partial charge in [0.05, 0.1) is 0 Å². The fourth-order valence-corrected chi connectivity index (χ4v) is 1.64. The summed E-state index contributed by atoms with van der Waals surface area (Å²) in [5.41, 5.74) is -1.38. The summed E-state index contributed by atoms with van der Waals surface area (Å²) < 4.78 is 0. The van der Waals surface area contributed by atoms with Crippen LogP contribution >= 0.6 is 11.3 Å². The maximum atomic E-state index is 10.5. The van der Waals surface area contributed by atoms with E-state index in [1.165, 1.54) is 19.1 Å². The van der Waals surface area contributed by atoms with Gasteiger partial charge in [-0.2, -0.15) is 0 Å². The van der Waals surface area contributed by atoms with E-state index in [0.717, 1.165) is 11.3 Å². The highest BCUT2D eigenvalue weighted by molar-refractivity contribution is 7.14. The third-order valence-corrected chi connectivity index (χ3v) is 2.86. The molecule has 1 aromatic heterocycles. The second kappa shape index (κ2) is 3.21. The molecule has 0 aliphatic rings. The Morgan fingerprint density at radius 2 is 2.31 bits per heavy atom. The fraction of sp³-hybridized carbons (Fsp3) is 0.222. The number of hydrogen-bond acceptors (Lipinski definition) is 3. The van der Waals surface area contributed by atoms with E-state index in [0.29, 0.717) is 4.88 Å². The SMILES string of the molecule is C#CC(C)(O)c1ccc(C(=O)O)s1. The van der Waals surface area contributed by atoms with Crippen LogP contribution in [0.4, 0.5) is 0 Å². The quantitative estimate of drug-likeness (QED) is 0.701. The molecule has 0 bridgehead atoms. The van der Waals surface area contributed by atoms with Crippen molar-refractivity contribution in [2.75, 3.05) is 0 Å². The summed E-state index contributed by atoms with van der Waals surface area (Å²) in [6.07, 6.45) is 5.08. The zero-order chi connectivity index (χ0) is 10.1. The molecular weight excluding hydrogens is 188 g/mol. The fourth-order valence-electron chi connectivity index (χ4n) is 0.786. The summed E-state index contributed by atoms with van der Waals surface area (Å²) >= 11 is 0.980. The normalized spacial score (nSPS) is 14.5. The van der Waals surface area contributed by atoms with Crippen molar-refractivity contribution in [3.8, 4) is 12.3 Å². The first-order chi connectivity index (χ1) is 5.97. The van der Waals surface area contributed by atoms with Crippen LogP contribution in [0.2, 0.25) is 0 Å². The first-order valence-electron chi connectivity index (χ1n) is 3.51. The minimum Gasteiger partial charge on any atom is -0.477 e. The molecule has 0 saturated heterocycles. The maximum Gasteiger partial charge on any atom is 0.345 e. The summed E-state index contributed by atoms with van der Waals surface area (Å²) in [6.45, 7) is 1.45. The summed E-state index contributed by atoms with van der Waals surface area (Å²) in [4.78, 5) is 11.1. The minimum atomic E-state index is -1.38. The molecular formula is C9H8O3S. The van der Waals surface area contributed by atoms with Crippen molar-refractivity contribution in [1.29, 1.82) is 0 Å². The Bertz CT molecular complexity index is 370. The topological polar surface area (TPSA) is 57.5 Å². The smallest absolute Gasteiger partial charge is 0.345 e. The van der Waals surface area contributed by atoms with E-state index in [1.807, 2.05) is 0 Å². The average Bonchev–Trinajstić information content (AvgIpc) is 2.52. The molecule has 0 saturated carbocycles. The van der Waals surface area contributed by atoms with Gasteiger partial charge < -0.3 is 10.2 Å². The van der Waals surface area contributed by atoms with Gasteiger partial charge in [0.15, 0.2) is 5.60 Å². The predicted octanol–water partition coefficient (Wildman–Crippen LogP) is 1.29. The third-order valence-electron chi connectivity index (χ3n) is 1.58. The molecule has 1 atom stereocenters. The Morgan fingerprint density at radius 3 is 2.69 bits per heavy atom. The summed E-state index contributed by atoms with van der Waals surface area (Å²) in [7, 11) is 0. The zero-order valence-corrected chi connectivity index (χ0v) is 7.76. The Labute approximate surface area is 79.6 Å². The number of rotatable bonds is 2. The predicted molar refractivity (Wildman–Crippen MR) is 49.7 cm³/mol. The van der Waals surface area contributed by atoms with Crippen molar-refractivity contribution < 1.29 is 15.0 Å². The number of carbonyl (C=O) groups is 1. The third kappa shape index (κ3) is 1.89. The van der Waals surface area contributed by atoms with E-state index >= 15 is 0 Å². The average molecular weight is 196 g/mol. The number of hydrogen-bond donors (Lipinski definition) is 2. The Morgan fingerprint density at radius 1 is 1.69 bits per heavy atom. The molecule has 0 aromatic carbocycles. The van der Waals surface area contributed by atoms with Crippen LogP contribution in [0.15, 0.2) is 12.1 Å². The second-order valence-electron chi connectivity index (χ2n) is 2.69. The summed E-state index contributed by atoms with van der Waals surface area (Å²) in [5.74, 6) is 1.17. The van der Waals surface area contributed by atoms with Crippen molar-refractivity contribution in [1.82, 2.24) is 0 Å². The molecule has 0 aliphatic heterocycles. The van der Waals surface area contributed by atoms with E-state index in [1.54, 1.807) is 0 Å². The molecule has 0 radical (unpaired) electrons. The number of carboxylic acid groups (broad SMARTS) is 1. The minimum absolute atomic E-state index is 0.172. The van der Waals surface area contributed by atoms with Gasteiger partial charge in [-0.25, -0.2) is 4.79 Å². The van der Waals surface area contributed by atoms with Gasteiger partial charge in [0.25, 0.3) is 0 Å². The van der Waals surface area contributed by atoms with E-state index in [9.17, 15) is 9.90 Å². The second-order valence-corrected chi connectivity index (χ2v) is 3.77. The lowest BCUT2D eigenvalue weighted by Gasteiger charge is -2.12. The number of aliphatic hydroxyl groups is 1. The summed E-state index contributed by atoms with van der Waals surface area (Å²) in [6, 6.07) is 2.95. The first kappa shape index (κ1) is 9.78. The van der Waals surface area contributed by atoms with Gasteiger partial charge in [0.1, 0.15) is 4.88 Å². The van der Waals surface area contributed by atoms with Gasteiger partial charge >= 0.3 is 5.97 Å². The van der Waals surface area contributed by atoms with Crippen LogP contribution in [-0.4, -0.2) is 16.2 Å². The largest absolute Gasteiger partial charge is 0.477 e. The molecule has 0 spiro atoms. The number of terminal acetylenes is 1. The van der Waals surface area contributed by atoms with Gasteiger partial charge in [-0.15, -0.1) is 17.8 Å². The van der Waals surface area contributed by atoms with E-state index in [4.69, 9.17) is 11.5 Å². The molecule has 1 heterocycles. The molecule has 4 heteroatoms. The lowest BCUT2D eigenvalue weighted by Crippen LogP contribution is -2.15. The lowest BCUT2D eigenvalue weighted by molar-refractivity contribution is 0.0702. The van der Waals surface area contributed by atoms with Crippen LogP contribution in [0, 0.1) is 12.3 Å². The van der Waals surface area contributed by atoms with Crippen LogP contribution in [0.5, 0.6) is 0 Å². The van der Waals surface area contributed by atoms with Gasteiger partial charge in [-0.1, -0.05) is 5.92 Å². The monoisotopic (exact) mass is 196 g/mol. The van der Waals surface area contributed by atoms with Gasteiger partial charge in [-0.05, 0) is 19.1 Å². The van der Waals surface area contributed by atoms with Crippen molar-refractivity contribution >= 4 is 17.3 Å². The highest BCUT2D eigenvalue weighted by Crippen LogP contribution is 2.27. The van der Waals surface area contributed by atoms with Crippen molar-refractivity contribution in [3.63, 3.8) is 0 Å².